The highest BCUT2D eigenvalue weighted by Gasteiger charge is 2.37. The van der Waals surface area contributed by atoms with Crippen LogP contribution in [0.2, 0.25) is 5.02 Å². The Hall–Kier alpha value is -2.91. The number of fused-ring (bicyclic) bond motifs is 1. The fourth-order valence-corrected chi connectivity index (χ4v) is 4.57. The molecule has 0 saturated heterocycles. The number of anilines is 1. The van der Waals surface area contributed by atoms with Gasteiger partial charge in [0.2, 0.25) is 11.1 Å². The molecule has 0 unspecified atom stereocenters. The highest BCUT2D eigenvalue weighted by Crippen LogP contribution is 2.39. The number of thioether (sulfide) groups is 1. The average molecular weight is 446 g/mol. The Balaban J connectivity index is 1.65. The van der Waals surface area contributed by atoms with Crippen molar-refractivity contribution >= 4 is 35.0 Å². The predicted molar refractivity (Wildman–Crippen MR) is 116 cm³/mol. The molecule has 2 heterocycles. The number of carbonyl (C=O) groups is 1. The van der Waals surface area contributed by atoms with Crippen LogP contribution in [0.3, 0.4) is 0 Å². The van der Waals surface area contributed by atoms with Gasteiger partial charge < -0.3 is 20.2 Å². The number of aromatic nitrogens is 3. The number of methoxy groups -OCH3 is 2. The van der Waals surface area contributed by atoms with Crippen LogP contribution in [0.25, 0.3) is 0 Å². The van der Waals surface area contributed by atoms with Crippen LogP contribution in [0.1, 0.15) is 17.4 Å². The summed E-state index contributed by atoms with van der Waals surface area (Å²) in [6.07, 6.45) is 0. The third kappa shape index (κ3) is 3.90. The maximum absolute atomic E-state index is 13.2. The Labute approximate surface area is 182 Å². The second kappa shape index (κ2) is 8.45. The van der Waals surface area contributed by atoms with Crippen LogP contribution in [0.15, 0.2) is 47.6 Å². The number of ether oxygens (including phenoxy) is 2. The Morgan fingerprint density at radius 1 is 1.17 bits per heavy atom. The number of hydrogen-bond donors (Lipinski definition) is 2. The van der Waals surface area contributed by atoms with E-state index in [-0.39, 0.29) is 11.9 Å². The molecule has 0 radical (unpaired) electrons. The van der Waals surface area contributed by atoms with Crippen molar-refractivity contribution < 1.29 is 14.3 Å². The van der Waals surface area contributed by atoms with E-state index in [9.17, 15) is 4.79 Å². The lowest BCUT2D eigenvalue weighted by atomic mass is 10.0. The van der Waals surface area contributed by atoms with Crippen LogP contribution in [0, 0.1) is 6.92 Å². The molecular weight excluding hydrogens is 426 g/mol. The van der Waals surface area contributed by atoms with Gasteiger partial charge in [0.15, 0.2) is 0 Å². The summed E-state index contributed by atoms with van der Waals surface area (Å²) in [5, 5.41) is 11.8. The minimum absolute atomic E-state index is 0.165. The summed E-state index contributed by atoms with van der Waals surface area (Å²) < 4.78 is 12.2. The maximum atomic E-state index is 13.2. The number of hydrogen-bond acceptors (Lipinski definition) is 7. The molecule has 1 aliphatic rings. The smallest absolute Gasteiger partial charge is 0.240 e. The van der Waals surface area contributed by atoms with Crippen LogP contribution in [-0.2, 0) is 4.79 Å². The van der Waals surface area contributed by atoms with Gasteiger partial charge in [-0.05, 0) is 48.9 Å². The van der Waals surface area contributed by atoms with Crippen molar-refractivity contribution in [3.05, 3.63) is 58.9 Å². The molecule has 0 aliphatic carbocycles. The van der Waals surface area contributed by atoms with Crippen LogP contribution in [0.5, 0.6) is 11.5 Å². The molecule has 0 spiro atoms. The molecule has 1 amide bonds. The van der Waals surface area contributed by atoms with Crippen molar-refractivity contribution in [3.8, 4) is 11.5 Å². The third-order valence-corrected chi connectivity index (χ3v) is 6.26. The molecule has 1 aliphatic heterocycles. The van der Waals surface area contributed by atoms with Crippen molar-refractivity contribution in [3.63, 3.8) is 0 Å². The first kappa shape index (κ1) is 20.4. The largest absolute Gasteiger partial charge is 0.497 e. The standard InChI is InChI=1S/C20H20ClN5O3S/c1-11-23-24-20-26(11)25-17(12-4-9-16(29-3)15(21)10-12)18(30-20)19(27)22-13-5-7-14(28-2)8-6-13/h4-10,17-18,25H,1-3H3,(H,22,27)/t17-,18-/m1/s1. The topological polar surface area (TPSA) is 90.3 Å². The molecule has 10 heteroatoms. The van der Waals surface area contributed by atoms with Crippen LogP contribution in [0.4, 0.5) is 5.69 Å². The quantitative estimate of drug-likeness (QED) is 0.619. The molecule has 8 nitrogen and oxygen atoms in total. The second-order valence-electron chi connectivity index (χ2n) is 6.62. The van der Waals surface area contributed by atoms with Crippen molar-refractivity contribution in [2.24, 2.45) is 0 Å². The van der Waals surface area contributed by atoms with E-state index in [0.29, 0.717) is 27.4 Å². The lowest BCUT2D eigenvalue weighted by molar-refractivity contribution is -0.116. The molecule has 30 heavy (non-hydrogen) atoms. The van der Waals surface area contributed by atoms with Gasteiger partial charge >= 0.3 is 0 Å². The van der Waals surface area contributed by atoms with E-state index in [1.54, 1.807) is 55.3 Å². The monoisotopic (exact) mass is 445 g/mol. The Morgan fingerprint density at radius 2 is 1.93 bits per heavy atom. The van der Waals surface area contributed by atoms with Gasteiger partial charge in [-0.1, -0.05) is 29.4 Å². The van der Waals surface area contributed by atoms with E-state index >= 15 is 0 Å². The second-order valence-corrected chi connectivity index (χ2v) is 8.14. The molecule has 2 atom stereocenters. The molecule has 0 bridgehead atoms. The van der Waals surface area contributed by atoms with Gasteiger partial charge in [0.05, 0.1) is 25.3 Å². The zero-order valence-electron chi connectivity index (χ0n) is 16.5. The Bertz CT molecular complexity index is 1070. The van der Waals surface area contributed by atoms with Crippen LogP contribution in [-0.4, -0.2) is 40.3 Å². The molecule has 3 aromatic rings. The van der Waals surface area contributed by atoms with Gasteiger partial charge in [0.1, 0.15) is 22.6 Å². The lowest BCUT2D eigenvalue weighted by Crippen LogP contribution is -2.41. The number of amides is 1. The van der Waals surface area contributed by atoms with Gasteiger partial charge in [-0.2, -0.15) is 0 Å². The first-order chi connectivity index (χ1) is 14.5. The number of carbonyl (C=O) groups excluding carboxylic acids is 1. The van der Waals surface area contributed by atoms with E-state index in [0.717, 1.165) is 11.3 Å². The minimum atomic E-state index is -0.507. The van der Waals surface area contributed by atoms with Crippen molar-refractivity contribution in [2.45, 2.75) is 23.4 Å². The molecule has 2 N–H and O–H groups in total. The van der Waals surface area contributed by atoms with E-state index in [2.05, 4.69) is 20.9 Å². The maximum Gasteiger partial charge on any atom is 0.240 e. The first-order valence-electron chi connectivity index (χ1n) is 9.13. The molecule has 4 rings (SSSR count). The number of nitrogens with zero attached hydrogens (tertiary/aromatic N) is 3. The highest BCUT2D eigenvalue weighted by atomic mass is 35.5. The summed E-state index contributed by atoms with van der Waals surface area (Å²) in [6, 6.07) is 12.3. The van der Waals surface area contributed by atoms with Crippen molar-refractivity contribution in [2.75, 3.05) is 25.0 Å². The van der Waals surface area contributed by atoms with E-state index in [1.807, 2.05) is 13.0 Å². The fraction of sp³-hybridized carbons (Fsp3) is 0.250. The summed E-state index contributed by atoms with van der Waals surface area (Å²) >= 11 is 7.69. The summed E-state index contributed by atoms with van der Waals surface area (Å²) in [7, 11) is 3.16. The normalized spacial score (nSPS) is 17.6. The van der Waals surface area contributed by atoms with Gasteiger partial charge in [-0.25, -0.2) is 4.68 Å². The number of nitrogens with one attached hydrogen (secondary N) is 2. The van der Waals surface area contributed by atoms with Crippen LogP contribution < -0.4 is 20.2 Å². The minimum Gasteiger partial charge on any atom is -0.497 e. The first-order valence-corrected chi connectivity index (χ1v) is 10.4. The van der Waals surface area contributed by atoms with Gasteiger partial charge in [-0.3, -0.25) is 4.79 Å². The third-order valence-electron chi connectivity index (χ3n) is 4.75. The fourth-order valence-electron chi connectivity index (χ4n) is 3.17. The summed E-state index contributed by atoms with van der Waals surface area (Å²) in [5.74, 6) is 1.83. The number of aryl methyl sites for hydroxylation is 1. The van der Waals surface area contributed by atoms with Gasteiger partial charge in [0, 0.05) is 5.69 Å². The zero-order valence-corrected chi connectivity index (χ0v) is 18.1. The average Bonchev–Trinajstić information content (AvgIpc) is 3.13. The SMILES string of the molecule is COc1ccc(NC(=O)[C@@H]2Sc3nnc(C)n3N[C@@H]2c2ccc(OC)c(Cl)c2)cc1. The number of benzene rings is 2. The molecule has 0 saturated carbocycles. The van der Waals surface area contributed by atoms with E-state index < -0.39 is 5.25 Å². The molecule has 0 fully saturated rings. The molecule has 156 valence electrons. The number of halogens is 1. The highest BCUT2D eigenvalue weighted by molar-refractivity contribution is 8.00. The summed E-state index contributed by atoms with van der Waals surface area (Å²) in [6.45, 7) is 1.85. The zero-order chi connectivity index (χ0) is 21.3. The molecular formula is C20H20ClN5O3S. The van der Waals surface area contributed by atoms with Gasteiger partial charge in [-0.15, -0.1) is 10.2 Å². The van der Waals surface area contributed by atoms with E-state index in [4.69, 9.17) is 21.1 Å². The summed E-state index contributed by atoms with van der Waals surface area (Å²) in [5.41, 5.74) is 4.88. The van der Waals surface area contributed by atoms with Gasteiger partial charge in [0.25, 0.3) is 0 Å². The Morgan fingerprint density at radius 3 is 2.60 bits per heavy atom. The molecule has 1 aromatic heterocycles. The predicted octanol–water partition coefficient (Wildman–Crippen LogP) is 3.65. The number of rotatable bonds is 5. The molecule has 2 aromatic carbocycles. The van der Waals surface area contributed by atoms with E-state index in [1.165, 1.54) is 11.8 Å². The van der Waals surface area contributed by atoms with Crippen molar-refractivity contribution in [1.29, 1.82) is 0 Å². The lowest BCUT2D eigenvalue weighted by Gasteiger charge is -2.33. The Kier molecular flexibility index (Phi) is 5.74. The van der Waals surface area contributed by atoms with Crippen LogP contribution >= 0.6 is 23.4 Å². The summed E-state index contributed by atoms with van der Waals surface area (Å²) in [4.78, 5) is 13.2. The van der Waals surface area contributed by atoms with Crippen molar-refractivity contribution in [1.82, 2.24) is 14.9 Å².